The molecule has 0 aliphatic carbocycles. The van der Waals surface area contributed by atoms with E-state index in [1.54, 1.807) is 18.2 Å². The third kappa shape index (κ3) is 5.10. The molecule has 0 saturated carbocycles. The first-order valence-corrected chi connectivity index (χ1v) is 9.81. The molecule has 0 saturated heterocycles. The van der Waals surface area contributed by atoms with Crippen LogP contribution in [0.25, 0.3) is 11.3 Å². The number of furan rings is 1. The number of aliphatic hydroxyl groups excluding tert-OH is 1. The lowest BCUT2D eigenvalue weighted by Crippen LogP contribution is -2.34. The average Bonchev–Trinajstić information content (AvgIpc) is 3.17. The van der Waals surface area contributed by atoms with Gasteiger partial charge in [-0.2, -0.15) is 0 Å². The van der Waals surface area contributed by atoms with Gasteiger partial charge in [-0.25, -0.2) is 0 Å². The second-order valence-corrected chi connectivity index (χ2v) is 7.55. The van der Waals surface area contributed by atoms with Crippen LogP contribution in [0.5, 0.6) is 0 Å². The Kier molecular flexibility index (Phi) is 6.46. The largest absolute Gasteiger partial charge is 0.459 e. The molecule has 1 amide bonds. The summed E-state index contributed by atoms with van der Waals surface area (Å²) >= 11 is 5.28. The highest BCUT2D eigenvalue weighted by Crippen LogP contribution is 2.27. The maximum Gasteiger partial charge on any atom is 0.257 e. The number of carbonyl (C=O) groups is 1. The minimum Gasteiger partial charge on any atom is -0.459 e. The Bertz CT molecular complexity index is 1020. The number of aryl methyl sites for hydroxylation is 1. The summed E-state index contributed by atoms with van der Waals surface area (Å²) in [5.74, 6) is 1.38. The minimum absolute atomic E-state index is 0.132. The van der Waals surface area contributed by atoms with Crippen molar-refractivity contribution in [3.63, 3.8) is 0 Å². The van der Waals surface area contributed by atoms with Gasteiger partial charge in [0.15, 0.2) is 5.11 Å². The third-order valence-electron chi connectivity index (χ3n) is 4.63. The molecular formula is C23H24N2O3S. The minimum atomic E-state index is -0.252. The highest BCUT2D eigenvalue weighted by Gasteiger charge is 2.11. The summed E-state index contributed by atoms with van der Waals surface area (Å²) in [6, 6.07) is 16.8. The lowest BCUT2D eigenvalue weighted by molar-refractivity contribution is 0.0977. The van der Waals surface area contributed by atoms with E-state index in [1.807, 2.05) is 43.3 Å². The van der Waals surface area contributed by atoms with Crippen LogP contribution in [-0.2, 0) is 6.61 Å². The van der Waals surface area contributed by atoms with E-state index >= 15 is 0 Å². The Morgan fingerprint density at radius 1 is 1.10 bits per heavy atom. The summed E-state index contributed by atoms with van der Waals surface area (Å²) in [6.45, 7) is 6.05. The number of hydrogen-bond acceptors (Lipinski definition) is 4. The predicted octanol–water partition coefficient (Wildman–Crippen LogP) is 5.00. The number of amides is 1. The number of thiocarbonyl (C=S) groups is 1. The maximum atomic E-state index is 12.4. The van der Waals surface area contributed by atoms with Crippen molar-refractivity contribution in [2.45, 2.75) is 33.3 Å². The van der Waals surface area contributed by atoms with Gasteiger partial charge in [-0.1, -0.05) is 26.0 Å². The number of anilines is 1. The van der Waals surface area contributed by atoms with E-state index in [0.717, 1.165) is 16.8 Å². The van der Waals surface area contributed by atoms with Gasteiger partial charge in [-0.3, -0.25) is 10.1 Å². The van der Waals surface area contributed by atoms with E-state index in [1.165, 1.54) is 5.56 Å². The molecule has 0 radical (unpaired) electrons. The van der Waals surface area contributed by atoms with Gasteiger partial charge in [-0.05, 0) is 78.7 Å². The quantitative estimate of drug-likeness (QED) is 0.518. The molecule has 0 fully saturated rings. The topological polar surface area (TPSA) is 74.5 Å². The zero-order valence-electron chi connectivity index (χ0n) is 16.7. The Morgan fingerprint density at radius 2 is 1.83 bits per heavy atom. The fourth-order valence-electron chi connectivity index (χ4n) is 2.98. The average molecular weight is 409 g/mol. The van der Waals surface area contributed by atoms with E-state index in [-0.39, 0.29) is 17.6 Å². The van der Waals surface area contributed by atoms with Crippen LogP contribution < -0.4 is 10.6 Å². The standard InChI is InChI=1S/C23H24N2O3S/c1-14(2)16-4-6-17(7-5-16)22(27)25-23(29)24-18-8-10-20(15(3)12-18)21-11-9-19(13-26)28-21/h4-12,14,26H,13H2,1-3H3,(H2,24,25,27,29). The van der Waals surface area contributed by atoms with Crippen molar-refractivity contribution in [1.29, 1.82) is 0 Å². The lowest BCUT2D eigenvalue weighted by atomic mass is 10.0. The number of aliphatic hydroxyl groups is 1. The highest BCUT2D eigenvalue weighted by molar-refractivity contribution is 7.80. The molecule has 5 nitrogen and oxygen atoms in total. The SMILES string of the molecule is Cc1cc(NC(=S)NC(=O)c2ccc(C(C)C)cc2)ccc1-c1ccc(CO)o1. The van der Waals surface area contributed by atoms with E-state index in [9.17, 15) is 4.79 Å². The molecule has 3 rings (SSSR count). The van der Waals surface area contributed by atoms with Gasteiger partial charge in [0.2, 0.25) is 0 Å². The van der Waals surface area contributed by atoms with Crippen LogP contribution in [-0.4, -0.2) is 16.1 Å². The van der Waals surface area contributed by atoms with Crippen molar-refractivity contribution < 1.29 is 14.3 Å². The molecule has 29 heavy (non-hydrogen) atoms. The van der Waals surface area contributed by atoms with Crippen molar-refractivity contribution in [3.05, 3.63) is 77.0 Å². The second-order valence-electron chi connectivity index (χ2n) is 7.14. The van der Waals surface area contributed by atoms with Crippen molar-refractivity contribution in [2.24, 2.45) is 0 Å². The van der Waals surface area contributed by atoms with Gasteiger partial charge in [-0.15, -0.1) is 0 Å². The normalized spacial score (nSPS) is 10.8. The molecule has 0 atom stereocenters. The van der Waals surface area contributed by atoms with E-state index in [4.69, 9.17) is 21.7 Å². The summed E-state index contributed by atoms with van der Waals surface area (Å²) in [5, 5.41) is 15.1. The van der Waals surface area contributed by atoms with Crippen molar-refractivity contribution in [2.75, 3.05) is 5.32 Å². The smallest absolute Gasteiger partial charge is 0.257 e. The fourth-order valence-corrected chi connectivity index (χ4v) is 3.19. The molecular weight excluding hydrogens is 384 g/mol. The van der Waals surface area contributed by atoms with Crippen LogP contribution >= 0.6 is 12.2 Å². The fraction of sp³-hybridized carbons (Fsp3) is 0.217. The van der Waals surface area contributed by atoms with Crippen LogP contribution in [0.2, 0.25) is 0 Å². The molecule has 6 heteroatoms. The summed E-state index contributed by atoms with van der Waals surface area (Å²) < 4.78 is 5.59. The van der Waals surface area contributed by atoms with Gasteiger partial charge in [0.1, 0.15) is 18.1 Å². The molecule has 3 aromatic rings. The van der Waals surface area contributed by atoms with E-state index < -0.39 is 0 Å². The predicted molar refractivity (Wildman–Crippen MR) is 119 cm³/mol. The number of hydrogen-bond donors (Lipinski definition) is 3. The Labute approximate surface area is 175 Å². The number of carbonyl (C=O) groups excluding carboxylic acids is 1. The molecule has 3 N–H and O–H groups in total. The van der Waals surface area contributed by atoms with Crippen LogP contribution in [0, 0.1) is 6.92 Å². The molecule has 0 spiro atoms. The van der Waals surface area contributed by atoms with Gasteiger partial charge in [0.05, 0.1) is 0 Å². The molecule has 0 aliphatic heterocycles. The van der Waals surface area contributed by atoms with Crippen LogP contribution in [0.3, 0.4) is 0 Å². The Balaban J connectivity index is 1.64. The highest BCUT2D eigenvalue weighted by atomic mass is 32.1. The number of nitrogens with one attached hydrogen (secondary N) is 2. The molecule has 2 aromatic carbocycles. The maximum absolute atomic E-state index is 12.4. The molecule has 0 unspecified atom stereocenters. The summed E-state index contributed by atoms with van der Waals surface area (Å²) in [6.07, 6.45) is 0. The molecule has 150 valence electrons. The first-order chi connectivity index (χ1) is 13.9. The van der Waals surface area contributed by atoms with E-state index in [0.29, 0.717) is 23.0 Å². The van der Waals surface area contributed by atoms with Crippen molar-refractivity contribution in [3.8, 4) is 11.3 Å². The zero-order chi connectivity index (χ0) is 21.0. The summed E-state index contributed by atoms with van der Waals surface area (Å²) in [5.41, 5.74) is 4.41. The van der Waals surface area contributed by atoms with Gasteiger partial charge in [0, 0.05) is 16.8 Å². The number of rotatable bonds is 5. The van der Waals surface area contributed by atoms with Gasteiger partial charge >= 0.3 is 0 Å². The first kappa shape index (κ1) is 20.8. The monoisotopic (exact) mass is 408 g/mol. The Morgan fingerprint density at radius 3 is 2.41 bits per heavy atom. The van der Waals surface area contributed by atoms with Crippen LogP contribution in [0.15, 0.2) is 59.0 Å². The Hall–Kier alpha value is -2.96. The van der Waals surface area contributed by atoms with Gasteiger partial charge < -0.3 is 14.8 Å². The number of benzene rings is 2. The van der Waals surface area contributed by atoms with Gasteiger partial charge in [0.25, 0.3) is 5.91 Å². The second kappa shape index (κ2) is 9.03. The lowest BCUT2D eigenvalue weighted by Gasteiger charge is -2.12. The van der Waals surface area contributed by atoms with Crippen molar-refractivity contribution in [1.82, 2.24) is 5.32 Å². The molecule has 0 aliphatic rings. The molecule has 0 bridgehead atoms. The van der Waals surface area contributed by atoms with Crippen molar-refractivity contribution >= 4 is 28.9 Å². The van der Waals surface area contributed by atoms with Crippen LogP contribution in [0.1, 0.15) is 47.0 Å². The molecule has 1 aromatic heterocycles. The first-order valence-electron chi connectivity index (χ1n) is 9.40. The molecule has 1 heterocycles. The zero-order valence-corrected chi connectivity index (χ0v) is 17.5. The van der Waals surface area contributed by atoms with E-state index in [2.05, 4.69) is 24.5 Å². The van der Waals surface area contributed by atoms with Crippen LogP contribution in [0.4, 0.5) is 5.69 Å². The third-order valence-corrected chi connectivity index (χ3v) is 4.84. The summed E-state index contributed by atoms with van der Waals surface area (Å²) in [7, 11) is 0. The summed E-state index contributed by atoms with van der Waals surface area (Å²) in [4.78, 5) is 12.4.